The summed E-state index contributed by atoms with van der Waals surface area (Å²) in [6.07, 6.45) is 2.17. The van der Waals surface area contributed by atoms with E-state index in [0.29, 0.717) is 38.5 Å². The van der Waals surface area contributed by atoms with E-state index >= 15 is 0 Å². The van der Waals surface area contributed by atoms with Crippen molar-refractivity contribution in [2.24, 2.45) is 0 Å². The van der Waals surface area contributed by atoms with Gasteiger partial charge >= 0.3 is 0 Å². The van der Waals surface area contributed by atoms with Crippen molar-refractivity contribution in [1.29, 1.82) is 0 Å². The van der Waals surface area contributed by atoms with Gasteiger partial charge in [0.2, 0.25) is 0 Å². The second kappa shape index (κ2) is 4.49. The van der Waals surface area contributed by atoms with Crippen LogP contribution in [0.15, 0.2) is 18.3 Å². The van der Waals surface area contributed by atoms with Gasteiger partial charge in [-0.2, -0.15) is 4.41 Å². The summed E-state index contributed by atoms with van der Waals surface area (Å²) in [4.78, 5) is 4.24. The summed E-state index contributed by atoms with van der Waals surface area (Å²) in [5.74, 6) is 0.689. The normalized spacial score (nSPS) is 23.7. The van der Waals surface area contributed by atoms with Gasteiger partial charge in [-0.1, -0.05) is 6.07 Å². The lowest BCUT2D eigenvalue weighted by atomic mass is 10.2. The Morgan fingerprint density at radius 2 is 2.06 bits per heavy atom. The van der Waals surface area contributed by atoms with Gasteiger partial charge in [-0.15, -0.1) is 0 Å². The van der Waals surface area contributed by atoms with Crippen LogP contribution in [0.2, 0.25) is 0 Å². The molecule has 1 aromatic rings. The molecule has 1 aromatic heterocycles. The molecule has 18 heavy (non-hydrogen) atoms. The number of ether oxygens (including phenoxy) is 1. The first-order chi connectivity index (χ1) is 8.68. The van der Waals surface area contributed by atoms with Gasteiger partial charge in [-0.05, 0) is 18.1 Å². The van der Waals surface area contributed by atoms with E-state index in [2.05, 4.69) is 4.98 Å². The van der Waals surface area contributed by atoms with Crippen molar-refractivity contribution in [2.45, 2.75) is 6.42 Å². The van der Waals surface area contributed by atoms with Crippen molar-refractivity contribution in [3.63, 3.8) is 0 Å². The maximum Gasteiger partial charge on any atom is 0.250 e. The van der Waals surface area contributed by atoms with Crippen molar-refractivity contribution in [3.8, 4) is 0 Å². The Kier molecular flexibility index (Phi) is 2.96. The minimum Gasteiger partial charge on any atom is -0.379 e. The molecule has 98 valence electrons. The molecule has 0 N–H and O–H groups in total. The minimum absolute atomic E-state index is 0.142. The summed E-state index contributed by atoms with van der Waals surface area (Å²) in [6.45, 7) is 2.26. The van der Waals surface area contributed by atoms with E-state index in [1.54, 1.807) is 6.20 Å². The van der Waals surface area contributed by atoms with Gasteiger partial charge in [0.1, 0.15) is 0 Å². The van der Waals surface area contributed by atoms with Crippen molar-refractivity contribution < 1.29 is 13.2 Å². The van der Waals surface area contributed by atoms with Crippen molar-refractivity contribution in [1.82, 2.24) is 9.99 Å². The fourth-order valence-electron chi connectivity index (χ4n) is 2.30. The molecule has 0 unspecified atom stereocenters. The van der Waals surface area contributed by atoms with E-state index in [-0.39, 0.29) is 5.75 Å². The standard InChI is InChI=1S/C11H15N3O3S/c15-18(16)9-3-10-2-1-4-12-11(10)14(18)13-5-7-17-8-6-13/h1-2,4H,3,5-9H2. The van der Waals surface area contributed by atoms with E-state index in [9.17, 15) is 8.42 Å². The fraction of sp³-hybridized carbons (Fsp3) is 0.545. The summed E-state index contributed by atoms with van der Waals surface area (Å²) < 4.78 is 31.1. The van der Waals surface area contributed by atoms with Crippen LogP contribution in [0, 0.1) is 0 Å². The van der Waals surface area contributed by atoms with E-state index in [1.165, 1.54) is 4.41 Å². The zero-order valence-electron chi connectivity index (χ0n) is 9.95. The number of hydrogen-bond acceptors (Lipinski definition) is 5. The third-order valence-electron chi connectivity index (χ3n) is 3.19. The highest BCUT2D eigenvalue weighted by Crippen LogP contribution is 2.28. The Hall–Kier alpha value is -1.18. The van der Waals surface area contributed by atoms with Crippen LogP contribution >= 0.6 is 0 Å². The topological polar surface area (TPSA) is 62.7 Å². The molecule has 2 aliphatic rings. The average molecular weight is 269 g/mol. The van der Waals surface area contributed by atoms with E-state index < -0.39 is 10.0 Å². The lowest BCUT2D eigenvalue weighted by molar-refractivity contribution is 0.0404. The molecule has 1 fully saturated rings. The molecule has 2 aliphatic heterocycles. The number of aryl methyl sites for hydroxylation is 1. The lowest BCUT2D eigenvalue weighted by Gasteiger charge is -2.39. The highest BCUT2D eigenvalue weighted by atomic mass is 32.2. The molecule has 1 saturated heterocycles. The van der Waals surface area contributed by atoms with Crippen LogP contribution in [-0.4, -0.2) is 50.5 Å². The first-order valence-electron chi connectivity index (χ1n) is 5.98. The number of hydrogen-bond donors (Lipinski definition) is 0. The summed E-state index contributed by atoms with van der Waals surface area (Å²) in [7, 11) is -3.30. The maximum absolute atomic E-state index is 12.2. The van der Waals surface area contributed by atoms with E-state index in [4.69, 9.17) is 4.74 Å². The highest BCUT2D eigenvalue weighted by Gasteiger charge is 2.35. The van der Waals surface area contributed by atoms with Gasteiger partial charge in [-0.3, -0.25) is 0 Å². The molecule has 0 radical (unpaired) electrons. The molecule has 7 heteroatoms. The van der Waals surface area contributed by atoms with Crippen LogP contribution < -0.4 is 4.41 Å². The predicted octanol–water partition coefficient (Wildman–Crippen LogP) is 0.0211. The third kappa shape index (κ3) is 1.98. The summed E-state index contributed by atoms with van der Waals surface area (Å²) in [5.41, 5.74) is 0.985. The lowest BCUT2D eigenvalue weighted by Crippen LogP contribution is -2.54. The Bertz CT molecular complexity index is 540. The van der Waals surface area contributed by atoms with Gasteiger partial charge in [0.25, 0.3) is 10.0 Å². The Labute approximate surface area is 106 Å². The van der Waals surface area contributed by atoms with Crippen LogP contribution in [0.5, 0.6) is 0 Å². The SMILES string of the molecule is O=S1(=O)CCc2cccnc2N1N1CCOCC1. The van der Waals surface area contributed by atoms with Crippen LogP contribution in [0.1, 0.15) is 5.56 Å². The third-order valence-corrected chi connectivity index (χ3v) is 4.84. The number of rotatable bonds is 1. The number of aromatic nitrogens is 1. The fourth-order valence-corrected chi connectivity index (χ4v) is 3.89. The summed E-state index contributed by atoms with van der Waals surface area (Å²) in [6, 6.07) is 3.78. The molecule has 0 atom stereocenters. The second-order valence-corrected chi connectivity index (χ2v) is 6.28. The zero-order chi connectivity index (χ0) is 12.6. The maximum atomic E-state index is 12.2. The molecule has 3 heterocycles. The van der Waals surface area contributed by atoms with Crippen LogP contribution in [0.3, 0.4) is 0 Å². The van der Waals surface area contributed by atoms with Crippen LogP contribution in [0.4, 0.5) is 5.82 Å². The predicted molar refractivity (Wildman–Crippen MR) is 66.6 cm³/mol. The van der Waals surface area contributed by atoms with Crippen molar-refractivity contribution in [2.75, 3.05) is 36.5 Å². The highest BCUT2D eigenvalue weighted by molar-refractivity contribution is 7.92. The van der Waals surface area contributed by atoms with Gasteiger partial charge in [0.15, 0.2) is 5.82 Å². The molecule has 0 bridgehead atoms. The average Bonchev–Trinajstić information content (AvgIpc) is 2.39. The molecule has 0 spiro atoms. The molecule has 0 aliphatic carbocycles. The Morgan fingerprint density at radius 3 is 2.83 bits per heavy atom. The molecule has 0 aromatic carbocycles. The van der Waals surface area contributed by atoms with Crippen molar-refractivity contribution >= 4 is 15.8 Å². The number of sulfonamides is 1. The largest absolute Gasteiger partial charge is 0.379 e. The van der Waals surface area contributed by atoms with Gasteiger partial charge in [0.05, 0.1) is 19.0 Å². The first kappa shape index (κ1) is 11.9. The second-order valence-electron chi connectivity index (χ2n) is 4.36. The van der Waals surface area contributed by atoms with Gasteiger partial charge < -0.3 is 4.74 Å². The Morgan fingerprint density at radius 1 is 1.28 bits per heavy atom. The molecule has 6 nitrogen and oxygen atoms in total. The van der Waals surface area contributed by atoms with Gasteiger partial charge in [-0.25, -0.2) is 18.4 Å². The number of pyridine rings is 1. The summed E-state index contributed by atoms with van der Waals surface area (Å²) in [5, 5.41) is 1.81. The molecule has 0 amide bonds. The molecular formula is C11H15N3O3S. The minimum atomic E-state index is -3.30. The number of fused-ring (bicyclic) bond motifs is 1. The van der Waals surface area contributed by atoms with E-state index in [1.807, 2.05) is 17.1 Å². The zero-order valence-corrected chi connectivity index (χ0v) is 10.8. The number of morpholine rings is 1. The monoisotopic (exact) mass is 269 g/mol. The van der Waals surface area contributed by atoms with Gasteiger partial charge in [0, 0.05) is 19.3 Å². The first-order valence-corrected chi connectivity index (χ1v) is 7.59. The summed E-state index contributed by atoms with van der Waals surface area (Å²) >= 11 is 0. The number of anilines is 1. The van der Waals surface area contributed by atoms with E-state index in [0.717, 1.165) is 5.56 Å². The Balaban J connectivity index is 2.03. The number of nitrogens with zero attached hydrogens (tertiary/aromatic N) is 3. The number of hydrazine groups is 1. The smallest absolute Gasteiger partial charge is 0.250 e. The molecule has 0 saturated carbocycles. The quantitative estimate of drug-likeness (QED) is 0.719. The molecular weight excluding hydrogens is 254 g/mol. The molecule has 3 rings (SSSR count). The van der Waals surface area contributed by atoms with Crippen LogP contribution in [0.25, 0.3) is 0 Å². The van der Waals surface area contributed by atoms with Crippen LogP contribution in [-0.2, 0) is 21.2 Å². The van der Waals surface area contributed by atoms with Crippen molar-refractivity contribution in [3.05, 3.63) is 23.9 Å².